The molecule has 0 spiro atoms. The highest BCUT2D eigenvalue weighted by molar-refractivity contribution is 5.73. The summed E-state index contributed by atoms with van der Waals surface area (Å²) in [4.78, 5) is 10.9. The Morgan fingerprint density at radius 2 is 2.12 bits per heavy atom. The van der Waals surface area contributed by atoms with Crippen molar-refractivity contribution in [3.8, 4) is 5.75 Å². The predicted molar refractivity (Wildman–Crippen MR) is 59.5 cm³/mol. The van der Waals surface area contributed by atoms with Gasteiger partial charge in [0.05, 0.1) is 0 Å². The fourth-order valence-electron chi connectivity index (χ4n) is 2.22. The smallest absolute Gasteiger partial charge is 0.320 e. The molecule has 0 bridgehead atoms. The lowest BCUT2D eigenvalue weighted by Gasteiger charge is -2.28. The maximum atomic E-state index is 10.9. The van der Waals surface area contributed by atoms with Crippen LogP contribution in [-0.2, 0) is 4.79 Å². The van der Waals surface area contributed by atoms with Crippen LogP contribution in [0.25, 0.3) is 0 Å². The highest BCUT2D eigenvalue weighted by Crippen LogP contribution is 2.33. The van der Waals surface area contributed by atoms with Crippen molar-refractivity contribution in [1.82, 2.24) is 5.32 Å². The molecule has 1 aromatic rings. The van der Waals surface area contributed by atoms with Gasteiger partial charge in [-0.05, 0) is 36.9 Å². The molecule has 4 nitrogen and oxygen atoms in total. The second-order valence-electron chi connectivity index (χ2n) is 4.13. The number of hydrogen-bond donors (Lipinski definition) is 3. The van der Waals surface area contributed by atoms with Gasteiger partial charge in [-0.1, -0.05) is 18.2 Å². The number of aliphatic carboxylic acids is 1. The zero-order valence-corrected chi connectivity index (χ0v) is 8.89. The number of para-hydroxylation sites is 1. The molecule has 1 aliphatic heterocycles. The third-order valence-corrected chi connectivity index (χ3v) is 3.08. The number of phenolic OH excluding ortho intramolecular Hbond substituents is 1. The predicted octanol–water partition coefficient (Wildman–Crippen LogP) is 1.31. The number of rotatable bonds is 2. The van der Waals surface area contributed by atoms with Crippen LogP contribution >= 0.6 is 0 Å². The zero-order chi connectivity index (χ0) is 11.5. The van der Waals surface area contributed by atoms with Crippen molar-refractivity contribution in [3.63, 3.8) is 0 Å². The molecule has 0 amide bonds. The van der Waals surface area contributed by atoms with E-state index in [0.717, 1.165) is 12.0 Å². The molecule has 0 aromatic heterocycles. The SMILES string of the molecule is O=C(O)C1CC(c2ccccc2O)CCN1. The summed E-state index contributed by atoms with van der Waals surface area (Å²) in [6.07, 6.45) is 1.40. The van der Waals surface area contributed by atoms with E-state index in [0.29, 0.717) is 13.0 Å². The Kier molecular flexibility index (Phi) is 3.10. The van der Waals surface area contributed by atoms with Crippen LogP contribution in [0.4, 0.5) is 0 Å². The average Bonchev–Trinajstić information content (AvgIpc) is 2.30. The highest BCUT2D eigenvalue weighted by Gasteiger charge is 2.28. The molecule has 0 saturated carbocycles. The van der Waals surface area contributed by atoms with E-state index in [9.17, 15) is 9.90 Å². The molecule has 1 saturated heterocycles. The quantitative estimate of drug-likeness (QED) is 0.704. The number of piperidine rings is 1. The van der Waals surface area contributed by atoms with Gasteiger partial charge in [-0.2, -0.15) is 0 Å². The molecule has 2 rings (SSSR count). The topological polar surface area (TPSA) is 69.6 Å². The molecular formula is C12H15NO3. The Morgan fingerprint density at radius 1 is 1.38 bits per heavy atom. The van der Waals surface area contributed by atoms with E-state index in [1.165, 1.54) is 0 Å². The molecule has 16 heavy (non-hydrogen) atoms. The van der Waals surface area contributed by atoms with E-state index in [2.05, 4.69) is 5.32 Å². The number of hydrogen-bond acceptors (Lipinski definition) is 3. The van der Waals surface area contributed by atoms with Crippen LogP contribution in [0.1, 0.15) is 24.3 Å². The van der Waals surface area contributed by atoms with E-state index in [-0.39, 0.29) is 11.7 Å². The maximum Gasteiger partial charge on any atom is 0.320 e. The summed E-state index contributed by atoms with van der Waals surface area (Å²) in [5.74, 6) is -0.429. The molecule has 2 atom stereocenters. The van der Waals surface area contributed by atoms with Crippen LogP contribution in [0.3, 0.4) is 0 Å². The Hall–Kier alpha value is -1.55. The maximum absolute atomic E-state index is 10.9. The lowest BCUT2D eigenvalue weighted by Crippen LogP contribution is -2.42. The van der Waals surface area contributed by atoms with Gasteiger partial charge in [0.2, 0.25) is 0 Å². The lowest BCUT2D eigenvalue weighted by atomic mass is 9.86. The number of carbonyl (C=O) groups is 1. The summed E-state index contributed by atoms with van der Waals surface area (Å²) in [7, 11) is 0. The number of carboxylic acids is 1. The molecule has 86 valence electrons. The van der Waals surface area contributed by atoms with Crippen molar-refractivity contribution >= 4 is 5.97 Å². The van der Waals surface area contributed by atoms with E-state index >= 15 is 0 Å². The lowest BCUT2D eigenvalue weighted by molar-refractivity contribution is -0.140. The number of nitrogens with one attached hydrogen (secondary N) is 1. The molecular weight excluding hydrogens is 206 g/mol. The Balaban J connectivity index is 2.16. The van der Waals surface area contributed by atoms with Gasteiger partial charge in [-0.15, -0.1) is 0 Å². The van der Waals surface area contributed by atoms with Gasteiger partial charge >= 0.3 is 5.97 Å². The molecule has 1 heterocycles. The number of benzene rings is 1. The summed E-state index contributed by atoms with van der Waals surface area (Å²) in [5, 5.41) is 21.6. The summed E-state index contributed by atoms with van der Waals surface area (Å²) in [5.41, 5.74) is 0.857. The molecule has 1 aliphatic rings. The number of aromatic hydroxyl groups is 1. The first-order chi connectivity index (χ1) is 7.68. The molecule has 3 N–H and O–H groups in total. The van der Waals surface area contributed by atoms with Crippen LogP contribution in [0, 0.1) is 0 Å². The Bertz CT molecular complexity index is 392. The minimum atomic E-state index is -0.819. The van der Waals surface area contributed by atoms with Crippen LogP contribution < -0.4 is 5.32 Å². The molecule has 2 unspecified atom stereocenters. The molecule has 0 radical (unpaired) electrons. The molecule has 1 fully saturated rings. The van der Waals surface area contributed by atoms with Crippen LogP contribution in [0.15, 0.2) is 24.3 Å². The Labute approximate surface area is 93.9 Å². The van der Waals surface area contributed by atoms with Crippen molar-refractivity contribution < 1.29 is 15.0 Å². The summed E-state index contributed by atoms with van der Waals surface area (Å²) in [6.45, 7) is 0.677. The zero-order valence-electron chi connectivity index (χ0n) is 8.89. The third kappa shape index (κ3) is 2.17. The highest BCUT2D eigenvalue weighted by atomic mass is 16.4. The van der Waals surface area contributed by atoms with Crippen molar-refractivity contribution in [3.05, 3.63) is 29.8 Å². The average molecular weight is 221 g/mol. The van der Waals surface area contributed by atoms with Gasteiger partial charge < -0.3 is 15.5 Å². The van der Waals surface area contributed by atoms with Gasteiger partial charge in [0.1, 0.15) is 11.8 Å². The minimum absolute atomic E-state index is 0.128. The van der Waals surface area contributed by atoms with Crippen molar-refractivity contribution in [1.29, 1.82) is 0 Å². The Morgan fingerprint density at radius 3 is 2.81 bits per heavy atom. The minimum Gasteiger partial charge on any atom is -0.508 e. The number of phenols is 1. The van der Waals surface area contributed by atoms with Gasteiger partial charge in [0, 0.05) is 0 Å². The van der Waals surface area contributed by atoms with Gasteiger partial charge in [-0.25, -0.2) is 0 Å². The molecule has 0 aliphatic carbocycles. The van der Waals surface area contributed by atoms with Gasteiger partial charge in [0.25, 0.3) is 0 Å². The summed E-state index contributed by atoms with van der Waals surface area (Å²) >= 11 is 0. The van der Waals surface area contributed by atoms with Crippen molar-refractivity contribution in [2.24, 2.45) is 0 Å². The monoisotopic (exact) mass is 221 g/mol. The van der Waals surface area contributed by atoms with Gasteiger partial charge in [-0.3, -0.25) is 4.79 Å². The van der Waals surface area contributed by atoms with Crippen molar-refractivity contribution in [2.75, 3.05) is 6.54 Å². The molecule has 4 heteroatoms. The van der Waals surface area contributed by atoms with E-state index < -0.39 is 12.0 Å². The second-order valence-corrected chi connectivity index (χ2v) is 4.13. The van der Waals surface area contributed by atoms with Crippen LogP contribution in [0.2, 0.25) is 0 Å². The third-order valence-electron chi connectivity index (χ3n) is 3.08. The first-order valence-corrected chi connectivity index (χ1v) is 5.42. The second kappa shape index (κ2) is 4.53. The fraction of sp³-hybridized carbons (Fsp3) is 0.417. The van der Waals surface area contributed by atoms with Crippen LogP contribution in [-0.4, -0.2) is 28.8 Å². The fourth-order valence-corrected chi connectivity index (χ4v) is 2.22. The first-order valence-electron chi connectivity index (χ1n) is 5.42. The largest absolute Gasteiger partial charge is 0.508 e. The summed E-state index contributed by atoms with van der Waals surface area (Å²) < 4.78 is 0. The van der Waals surface area contributed by atoms with Gasteiger partial charge in [0.15, 0.2) is 0 Å². The van der Waals surface area contributed by atoms with Crippen molar-refractivity contribution in [2.45, 2.75) is 24.8 Å². The van der Waals surface area contributed by atoms with E-state index in [1.807, 2.05) is 12.1 Å². The van der Waals surface area contributed by atoms with Crippen LogP contribution in [0.5, 0.6) is 5.75 Å². The van der Waals surface area contributed by atoms with E-state index in [4.69, 9.17) is 5.11 Å². The van der Waals surface area contributed by atoms with E-state index in [1.54, 1.807) is 12.1 Å². The normalized spacial score (nSPS) is 25.2. The standard InChI is InChI=1S/C12H15NO3/c14-11-4-2-1-3-9(11)8-5-6-13-10(7-8)12(15)16/h1-4,8,10,13-14H,5-7H2,(H,15,16). The molecule has 1 aromatic carbocycles. The summed E-state index contributed by atoms with van der Waals surface area (Å²) in [6, 6.07) is 6.65. The number of carboxylic acid groups (broad SMARTS) is 1. The first kappa shape index (κ1) is 11.0.